The lowest BCUT2D eigenvalue weighted by atomic mass is 9.54. The minimum absolute atomic E-state index is 0.0385. The predicted octanol–water partition coefficient (Wildman–Crippen LogP) is 12.5. The van der Waals surface area contributed by atoms with Crippen molar-refractivity contribution in [2.45, 2.75) is 233 Å². The molecule has 2 heterocycles. The van der Waals surface area contributed by atoms with E-state index >= 15 is 9.59 Å². The number of allylic oxidation sites excluding steroid dienone is 1. The first kappa shape index (κ1) is 72.6. The van der Waals surface area contributed by atoms with Crippen LogP contribution < -0.4 is 0 Å². The second-order valence-corrected chi connectivity index (χ2v) is 47.5. The van der Waals surface area contributed by atoms with Gasteiger partial charge in [0, 0.05) is 37.7 Å². The van der Waals surface area contributed by atoms with Gasteiger partial charge in [0.15, 0.2) is 8.32 Å². The van der Waals surface area contributed by atoms with Crippen molar-refractivity contribution in [3.8, 4) is 0 Å². The maximum atomic E-state index is 15.2. The molecule has 2 saturated heterocycles. The lowest BCUT2D eigenvalue weighted by molar-refractivity contribution is -0.170. The molecule has 90 heavy (non-hydrogen) atoms. The maximum Gasteiger partial charge on any atom is 0.317 e. The van der Waals surface area contributed by atoms with Crippen LogP contribution in [0.4, 0.5) is 0 Å². The van der Waals surface area contributed by atoms with E-state index in [4.69, 9.17) is 32.8 Å². The van der Waals surface area contributed by atoms with Gasteiger partial charge >= 0.3 is 41.8 Å². The first-order valence-corrected chi connectivity index (χ1v) is 44.9. The van der Waals surface area contributed by atoms with Crippen LogP contribution in [0.3, 0.4) is 0 Å². The average Bonchev–Trinajstić information content (AvgIpc) is 1.53. The summed E-state index contributed by atoms with van der Waals surface area (Å²) in [5.41, 5.74) is 2.47. The summed E-state index contributed by atoms with van der Waals surface area (Å²) in [5.74, 6) is -11.7. The van der Waals surface area contributed by atoms with Gasteiger partial charge in [-0.25, -0.2) is 0 Å². The van der Waals surface area contributed by atoms with E-state index in [0.29, 0.717) is 77.2 Å². The van der Waals surface area contributed by atoms with E-state index in [0.717, 1.165) is 12.2 Å². The number of aliphatic hydroxyl groups excluding tert-OH is 1. The van der Waals surface area contributed by atoms with Gasteiger partial charge in [-0.3, -0.25) is 33.6 Å². The summed E-state index contributed by atoms with van der Waals surface area (Å²) in [6.07, 6.45) is 6.79. The molecule has 2 aliphatic heterocycles. The largest absolute Gasteiger partial charge is 0.493 e. The van der Waals surface area contributed by atoms with Crippen molar-refractivity contribution in [2.24, 2.45) is 124 Å². The highest BCUT2D eigenvalue weighted by atomic mass is 28.4. The number of cyclic esters (lactones) is 2. The first-order valence-electron chi connectivity index (χ1n) is 34.9. The lowest BCUT2D eigenvalue weighted by Crippen LogP contribution is -2.51. The minimum atomic E-state index is -1.99. The number of carboxylic acids is 1. The van der Waals surface area contributed by atoms with E-state index in [1.54, 1.807) is 0 Å². The molecule has 2 N–H and O–H groups in total. The van der Waals surface area contributed by atoms with E-state index in [1.165, 1.54) is 22.7 Å². The molecule has 0 amide bonds. The van der Waals surface area contributed by atoms with Gasteiger partial charge < -0.3 is 43.1 Å². The minimum Gasteiger partial charge on any atom is -0.493 e. The quantitative estimate of drug-likeness (QED) is 0.0185. The highest BCUT2D eigenvalue weighted by Gasteiger charge is 2.72. The van der Waals surface area contributed by atoms with Crippen molar-refractivity contribution in [3.05, 3.63) is 12.3 Å². The Balaban J connectivity index is 1.09. The van der Waals surface area contributed by atoms with Crippen LogP contribution in [-0.2, 0) is 66.4 Å². The molecule has 20 atom stereocenters. The van der Waals surface area contributed by atoms with Crippen molar-refractivity contribution in [1.29, 1.82) is 0 Å². The lowest BCUT2D eigenvalue weighted by Gasteiger charge is -2.48. The Morgan fingerprint density at radius 1 is 0.667 bits per heavy atom. The molecular weight excluding hydrogens is 1210 g/mol. The molecule has 0 aromatic rings. The Morgan fingerprint density at radius 3 is 1.80 bits per heavy atom. The molecule has 6 aliphatic carbocycles. The molecule has 20 heteroatoms. The highest BCUT2D eigenvalue weighted by Crippen LogP contribution is 2.71. The Hall–Kier alpha value is -3.18. The number of fused-ring (bicyclic) bond motifs is 6. The zero-order valence-corrected chi connectivity index (χ0v) is 62.0. The topological polar surface area (TPSA) is 225 Å². The van der Waals surface area contributed by atoms with Crippen molar-refractivity contribution in [2.75, 3.05) is 26.4 Å². The predicted molar refractivity (Wildman–Crippen MR) is 351 cm³/mol. The number of carboxylic acid groups (broad SMARTS) is 1. The molecule has 0 aromatic heterocycles. The Bertz CT molecular complexity index is 2590. The summed E-state index contributed by atoms with van der Waals surface area (Å²) in [6, 6.07) is 0. The number of ether oxygens (including phenoxy) is 6. The van der Waals surface area contributed by atoms with E-state index in [9.17, 15) is 34.2 Å². The molecule has 16 nitrogen and oxygen atoms in total. The molecule has 3 radical (unpaired) electrons. The third kappa shape index (κ3) is 15.7. The van der Waals surface area contributed by atoms with Gasteiger partial charge in [0.05, 0.1) is 67.0 Å². The van der Waals surface area contributed by atoms with Crippen LogP contribution in [0.2, 0.25) is 48.9 Å². The fraction of sp³-hybridized carbons (Fsp3) is 0.871. The van der Waals surface area contributed by atoms with Gasteiger partial charge in [-0.2, -0.15) is 0 Å². The van der Waals surface area contributed by atoms with Crippen molar-refractivity contribution in [3.63, 3.8) is 0 Å². The number of hydrogen-bond acceptors (Lipinski definition) is 15. The molecule has 20 unspecified atom stereocenters. The standard InChI is InChI=1S/C70H115O16Si4/c1-19-39(4)42(7)84-68(11,12)24-25-69(13,14)86-61(74)40(5)22-23-45-47-28-43(30-49(47)62(75)80-26-27-82-90(18)37-88(16)35-87(15)36-89(17)38-90)53(45)58-59(66(79)83-65(58)78)55-48-29-44(31-50(48)63(76)85-67(8,9)10)54(55)52-41(6)46-32-51(52)57(56(46)60(72)73)64(77)81-34-70(20-2,21-3)33-71/h39-41,43-59,71H,7,19-38H2,1-6,8-18H3,(H,72,73). The van der Waals surface area contributed by atoms with E-state index in [-0.39, 0.29) is 106 Å². The number of esters is 6. The second-order valence-electron chi connectivity index (χ2n) is 32.9. The van der Waals surface area contributed by atoms with Crippen LogP contribution in [0, 0.1) is 124 Å². The zero-order chi connectivity index (χ0) is 66.5. The summed E-state index contributed by atoms with van der Waals surface area (Å²) in [7, 11) is -3.24. The number of rotatable bonds is 28. The number of carbonyl (C=O) groups excluding carboxylic acids is 6. The monoisotopic (exact) mass is 1320 g/mol. The fourth-order valence-corrected chi connectivity index (χ4v) is 46.2. The summed E-state index contributed by atoms with van der Waals surface area (Å²) in [6.45, 7) is 39.8. The summed E-state index contributed by atoms with van der Waals surface area (Å²) in [4.78, 5) is 102. The SMILES string of the molecule is C=C(OC(C)(C)CCC(C)(C)OC(=O)C(C)CCC1C2CC(CC2C(=O)OCCO[Si]2(C)C[Si](C)C[Si](C)C[Si](C)C2)C1C1C(=O)OC(=O)C1C1C2CC(CC2C(=O)OC(C)(C)C)C1C1C(C)C2CC1C(C(=O)OCC(CC)(CC)CO)C2C(=O)O)C(C)CC. The third-order valence-electron chi connectivity index (χ3n) is 24.3. The molecule has 6 bridgehead atoms. The van der Waals surface area contributed by atoms with Gasteiger partial charge in [0.2, 0.25) is 0 Å². The van der Waals surface area contributed by atoms with Crippen LogP contribution >= 0.6 is 0 Å². The fourth-order valence-electron chi connectivity index (χ4n) is 19.9. The van der Waals surface area contributed by atoms with Crippen LogP contribution in [0.1, 0.15) is 167 Å². The van der Waals surface area contributed by atoms with Gasteiger partial charge in [-0.1, -0.05) is 79.1 Å². The molecular formula is C70H115O16Si4. The molecule has 8 rings (SSSR count). The van der Waals surface area contributed by atoms with Crippen molar-refractivity contribution < 1.29 is 76.6 Å². The van der Waals surface area contributed by atoms with Gasteiger partial charge in [-0.15, -0.1) is 0 Å². The zero-order valence-electron chi connectivity index (χ0n) is 58.0. The Morgan fingerprint density at radius 2 is 1.23 bits per heavy atom. The number of carbonyl (C=O) groups is 7. The molecule has 0 spiro atoms. The summed E-state index contributed by atoms with van der Waals surface area (Å²) < 4.78 is 43.9. The molecule has 507 valence electrons. The van der Waals surface area contributed by atoms with E-state index < -0.39 is 131 Å². The van der Waals surface area contributed by atoms with E-state index in [1.807, 2.05) is 69.2 Å². The van der Waals surface area contributed by atoms with Crippen LogP contribution in [0.5, 0.6) is 0 Å². The third-order valence-corrected chi connectivity index (χ3v) is 45.6. The Kier molecular flexibility index (Phi) is 23.1. The molecule has 6 saturated carbocycles. The molecule has 8 aliphatic rings. The second kappa shape index (κ2) is 28.6. The number of hydrogen-bond donors (Lipinski definition) is 2. The highest BCUT2D eigenvalue weighted by molar-refractivity contribution is 6.98. The van der Waals surface area contributed by atoms with Gasteiger partial charge in [-0.05, 0) is 214 Å². The van der Waals surface area contributed by atoms with Crippen LogP contribution in [-0.4, -0.2) is 130 Å². The van der Waals surface area contributed by atoms with Crippen molar-refractivity contribution in [1.82, 2.24) is 0 Å². The summed E-state index contributed by atoms with van der Waals surface area (Å²) >= 11 is 0. The van der Waals surface area contributed by atoms with Crippen LogP contribution in [0.25, 0.3) is 0 Å². The first-order chi connectivity index (χ1) is 42.0. The van der Waals surface area contributed by atoms with E-state index in [2.05, 4.69) is 53.5 Å². The number of aliphatic carboxylic acids is 1. The number of aliphatic hydroxyl groups is 1. The smallest absolute Gasteiger partial charge is 0.317 e. The average molecular weight is 1330 g/mol. The maximum absolute atomic E-state index is 15.2. The van der Waals surface area contributed by atoms with Crippen LogP contribution in [0.15, 0.2) is 12.3 Å². The molecule has 8 fully saturated rings. The van der Waals surface area contributed by atoms with Crippen molar-refractivity contribution >= 4 is 76.5 Å². The summed E-state index contributed by atoms with van der Waals surface area (Å²) in [5, 5.41) is 21.3. The van der Waals surface area contributed by atoms with Gasteiger partial charge in [0.25, 0.3) is 0 Å². The normalized spacial score (nSPS) is 35.2. The Labute approximate surface area is 545 Å². The van der Waals surface area contributed by atoms with Gasteiger partial charge in [0.1, 0.15) is 23.4 Å². The molecule has 0 aromatic carbocycles.